The molecule has 36 heavy (non-hydrogen) atoms. The number of para-hydroxylation sites is 1. The van der Waals surface area contributed by atoms with Crippen LogP contribution in [0.3, 0.4) is 0 Å². The zero-order valence-corrected chi connectivity index (χ0v) is 21.1. The summed E-state index contributed by atoms with van der Waals surface area (Å²) in [5.74, 6) is 0.315. The highest BCUT2D eigenvalue weighted by atomic mass is 35.5. The first kappa shape index (κ1) is 23.8. The first-order chi connectivity index (χ1) is 17.4. The molecule has 4 aromatic rings. The van der Waals surface area contributed by atoms with Crippen molar-refractivity contribution in [2.75, 3.05) is 12.4 Å². The van der Waals surface area contributed by atoms with Crippen molar-refractivity contribution < 1.29 is 9.53 Å². The largest absolute Gasteiger partial charge is 0.497 e. The number of fused-ring (bicyclic) bond motifs is 1. The summed E-state index contributed by atoms with van der Waals surface area (Å²) in [7, 11) is 1.58. The Hall–Kier alpha value is -3.94. The van der Waals surface area contributed by atoms with Gasteiger partial charge in [-0.25, -0.2) is 4.99 Å². The zero-order valence-electron chi connectivity index (χ0n) is 19.6. The number of benzene rings is 3. The molecule has 8 heteroatoms. The smallest absolute Gasteiger partial charge is 0.271 e. The highest BCUT2D eigenvalue weighted by Crippen LogP contribution is 2.32. The lowest BCUT2D eigenvalue weighted by atomic mass is 9.95. The maximum atomic E-state index is 13.7. The summed E-state index contributed by atoms with van der Waals surface area (Å²) in [6.45, 7) is 1.79. The number of hydrogen-bond donors (Lipinski definition) is 1. The van der Waals surface area contributed by atoms with Gasteiger partial charge >= 0.3 is 0 Å². The van der Waals surface area contributed by atoms with Crippen LogP contribution in [0.15, 0.2) is 99.9 Å². The van der Waals surface area contributed by atoms with Crippen LogP contribution in [0.4, 0.5) is 5.69 Å². The summed E-state index contributed by atoms with van der Waals surface area (Å²) in [6, 6.07) is 23.2. The average molecular weight is 516 g/mol. The van der Waals surface area contributed by atoms with Crippen molar-refractivity contribution in [1.29, 1.82) is 0 Å². The Kier molecular flexibility index (Phi) is 6.59. The van der Waals surface area contributed by atoms with Crippen LogP contribution in [0.2, 0.25) is 5.02 Å². The molecule has 6 nitrogen and oxygen atoms in total. The molecule has 0 bridgehead atoms. The first-order valence-electron chi connectivity index (χ1n) is 11.2. The molecule has 0 spiro atoms. The van der Waals surface area contributed by atoms with Crippen LogP contribution < -0.4 is 24.9 Å². The van der Waals surface area contributed by atoms with E-state index in [1.165, 1.54) is 11.3 Å². The number of rotatable bonds is 5. The van der Waals surface area contributed by atoms with Gasteiger partial charge in [-0.15, -0.1) is 0 Å². The van der Waals surface area contributed by atoms with E-state index in [0.717, 1.165) is 11.1 Å². The van der Waals surface area contributed by atoms with E-state index in [9.17, 15) is 9.59 Å². The monoisotopic (exact) mass is 515 g/mol. The van der Waals surface area contributed by atoms with Gasteiger partial charge in [0.2, 0.25) is 0 Å². The van der Waals surface area contributed by atoms with Gasteiger partial charge in [-0.2, -0.15) is 0 Å². The van der Waals surface area contributed by atoms with Gasteiger partial charge in [-0.05, 0) is 60.5 Å². The van der Waals surface area contributed by atoms with Crippen molar-refractivity contribution in [2.24, 2.45) is 4.99 Å². The third kappa shape index (κ3) is 4.63. The molecule has 0 radical (unpaired) electrons. The predicted octanol–water partition coefficient (Wildman–Crippen LogP) is 4.54. The van der Waals surface area contributed by atoms with Crippen LogP contribution in [0.1, 0.15) is 24.1 Å². The highest BCUT2D eigenvalue weighted by molar-refractivity contribution is 7.07. The molecule has 2 heterocycles. The molecule has 0 aliphatic carbocycles. The third-order valence-electron chi connectivity index (χ3n) is 5.88. The SMILES string of the molecule is COc1cccc([C@@H]2C(C(=O)Nc3ccccc3)=C(C)N=c3s/c(=C\c4ccc(Cl)cc4)c(=O)n32)c1. The lowest BCUT2D eigenvalue weighted by Gasteiger charge is -2.25. The molecule has 1 amide bonds. The summed E-state index contributed by atoms with van der Waals surface area (Å²) in [5.41, 5.74) is 2.99. The molecule has 1 aliphatic heterocycles. The van der Waals surface area contributed by atoms with Crippen molar-refractivity contribution >= 4 is 40.6 Å². The number of nitrogens with one attached hydrogen (secondary N) is 1. The molecule has 5 rings (SSSR count). The Balaban J connectivity index is 1.68. The van der Waals surface area contributed by atoms with E-state index in [0.29, 0.717) is 37.1 Å². The second-order valence-corrected chi connectivity index (χ2v) is 9.68. The maximum absolute atomic E-state index is 13.7. The van der Waals surface area contributed by atoms with E-state index in [1.54, 1.807) is 30.7 Å². The van der Waals surface area contributed by atoms with Crippen LogP contribution in [0.5, 0.6) is 5.75 Å². The lowest BCUT2D eigenvalue weighted by molar-refractivity contribution is -0.113. The molecule has 1 aromatic heterocycles. The molecule has 0 unspecified atom stereocenters. The average Bonchev–Trinajstić information content (AvgIpc) is 3.19. The number of carbonyl (C=O) groups excluding carboxylic acids is 1. The second kappa shape index (κ2) is 9.97. The number of anilines is 1. The van der Waals surface area contributed by atoms with E-state index in [2.05, 4.69) is 10.3 Å². The molecule has 1 atom stereocenters. The molecule has 0 saturated carbocycles. The summed E-state index contributed by atoms with van der Waals surface area (Å²) >= 11 is 7.30. The standard InChI is InChI=1S/C28H22ClN3O3S/c1-17-24(26(33)31-21-8-4-3-5-9-21)25(19-7-6-10-22(16-19)35-2)32-27(34)23(36-28(32)30-17)15-18-11-13-20(29)14-12-18/h3-16,25H,1-2H3,(H,31,33)/b23-15-/t25-/m1/s1. The Morgan fingerprint density at radius 2 is 1.83 bits per heavy atom. The molecule has 0 saturated heterocycles. The molecule has 3 aromatic carbocycles. The fraction of sp³-hybridized carbons (Fsp3) is 0.107. The number of aromatic nitrogens is 1. The summed E-state index contributed by atoms with van der Waals surface area (Å²) in [5, 5.41) is 3.57. The second-order valence-electron chi connectivity index (χ2n) is 8.23. The van der Waals surface area contributed by atoms with Crippen molar-refractivity contribution in [3.63, 3.8) is 0 Å². The number of carbonyl (C=O) groups is 1. The topological polar surface area (TPSA) is 72.7 Å². The van der Waals surface area contributed by atoms with Gasteiger partial charge in [-0.1, -0.05) is 65.4 Å². The Morgan fingerprint density at radius 3 is 2.56 bits per heavy atom. The van der Waals surface area contributed by atoms with Crippen molar-refractivity contribution in [3.05, 3.63) is 126 Å². The van der Waals surface area contributed by atoms with Gasteiger partial charge in [-0.3, -0.25) is 14.2 Å². The number of ether oxygens (including phenoxy) is 1. The van der Waals surface area contributed by atoms with Gasteiger partial charge in [0.25, 0.3) is 11.5 Å². The van der Waals surface area contributed by atoms with Crippen molar-refractivity contribution in [2.45, 2.75) is 13.0 Å². The molecule has 0 fully saturated rings. The van der Waals surface area contributed by atoms with Crippen molar-refractivity contribution in [1.82, 2.24) is 4.57 Å². The minimum Gasteiger partial charge on any atom is -0.497 e. The Morgan fingerprint density at radius 1 is 1.08 bits per heavy atom. The number of halogens is 1. The number of nitrogens with zero attached hydrogens (tertiary/aromatic N) is 2. The predicted molar refractivity (Wildman–Crippen MR) is 143 cm³/mol. The van der Waals surface area contributed by atoms with E-state index < -0.39 is 6.04 Å². The van der Waals surface area contributed by atoms with Gasteiger partial charge in [0.15, 0.2) is 4.80 Å². The number of allylic oxidation sites excluding steroid dienone is 1. The van der Waals surface area contributed by atoms with Gasteiger partial charge in [0.05, 0.1) is 29.0 Å². The number of hydrogen-bond acceptors (Lipinski definition) is 5. The summed E-state index contributed by atoms with van der Waals surface area (Å²) in [6.07, 6.45) is 1.81. The highest BCUT2D eigenvalue weighted by Gasteiger charge is 2.32. The normalized spacial score (nSPS) is 15.3. The van der Waals surface area contributed by atoms with Crippen LogP contribution in [-0.4, -0.2) is 17.6 Å². The summed E-state index contributed by atoms with van der Waals surface area (Å²) < 4.78 is 7.54. The lowest BCUT2D eigenvalue weighted by Crippen LogP contribution is -2.40. The van der Waals surface area contributed by atoms with E-state index in [-0.39, 0.29) is 11.5 Å². The number of amides is 1. The maximum Gasteiger partial charge on any atom is 0.271 e. The molecule has 1 aliphatic rings. The molecular formula is C28H22ClN3O3S. The van der Waals surface area contributed by atoms with Crippen LogP contribution in [0.25, 0.3) is 6.08 Å². The van der Waals surface area contributed by atoms with Gasteiger partial charge in [0.1, 0.15) is 5.75 Å². The summed E-state index contributed by atoms with van der Waals surface area (Å²) in [4.78, 5) is 32.5. The Bertz CT molecular complexity index is 1650. The Labute approximate surface area is 216 Å². The van der Waals surface area contributed by atoms with Gasteiger partial charge < -0.3 is 10.1 Å². The van der Waals surface area contributed by atoms with E-state index in [1.807, 2.05) is 72.8 Å². The van der Waals surface area contributed by atoms with Crippen molar-refractivity contribution in [3.8, 4) is 5.75 Å². The van der Waals surface area contributed by atoms with Crippen LogP contribution in [-0.2, 0) is 4.79 Å². The first-order valence-corrected chi connectivity index (χ1v) is 12.4. The van der Waals surface area contributed by atoms with Gasteiger partial charge in [0, 0.05) is 10.7 Å². The van der Waals surface area contributed by atoms with Crippen LogP contribution in [0, 0.1) is 0 Å². The quantitative estimate of drug-likeness (QED) is 0.424. The fourth-order valence-electron chi connectivity index (χ4n) is 4.17. The minimum absolute atomic E-state index is 0.223. The van der Waals surface area contributed by atoms with Crippen LogP contribution >= 0.6 is 22.9 Å². The number of methoxy groups -OCH3 is 1. The number of thiazole rings is 1. The molecule has 180 valence electrons. The third-order valence-corrected chi connectivity index (χ3v) is 7.11. The molecule has 1 N–H and O–H groups in total. The molecular weight excluding hydrogens is 494 g/mol. The minimum atomic E-state index is -0.674. The fourth-order valence-corrected chi connectivity index (χ4v) is 5.34. The zero-order chi connectivity index (χ0) is 25.2. The van der Waals surface area contributed by atoms with E-state index in [4.69, 9.17) is 16.3 Å². The van der Waals surface area contributed by atoms with E-state index >= 15 is 0 Å².